The molecule has 0 fully saturated rings. The van der Waals surface area contributed by atoms with Gasteiger partial charge >= 0.3 is 5.69 Å². The molecule has 1 rings (SSSR count). The molecule has 0 spiro atoms. The van der Waals surface area contributed by atoms with E-state index in [1.165, 1.54) is 6.92 Å². The Balaban J connectivity index is 3.03. The van der Waals surface area contributed by atoms with E-state index in [0.717, 1.165) is 0 Å². The summed E-state index contributed by atoms with van der Waals surface area (Å²) in [4.78, 5) is 37.2. The lowest BCUT2D eigenvalue weighted by molar-refractivity contribution is -0.117. The highest BCUT2D eigenvalue weighted by atomic mass is 79.9. The third-order valence-electron chi connectivity index (χ3n) is 1.68. The number of aromatic nitrogens is 2. The molecule has 0 aromatic carbocycles. The molecule has 0 amide bonds. The third-order valence-corrected chi connectivity index (χ3v) is 2.52. The Bertz CT molecular complexity index is 460. The fourth-order valence-electron chi connectivity index (χ4n) is 0.991. The first-order valence-corrected chi connectivity index (χ1v) is 4.80. The lowest BCUT2D eigenvalue weighted by Crippen LogP contribution is -2.25. The first-order valence-electron chi connectivity index (χ1n) is 4.01. The normalized spacial score (nSPS) is 10.1. The van der Waals surface area contributed by atoms with E-state index in [-0.39, 0.29) is 10.3 Å². The van der Waals surface area contributed by atoms with E-state index in [1.54, 1.807) is 0 Å². The van der Waals surface area contributed by atoms with Gasteiger partial charge in [0, 0.05) is 12.1 Å². The summed E-state index contributed by atoms with van der Waals surface area (Å²) >= 11 is 3.04. The molecular formula is C8H9BrN2O3. The van der Waals surface area contributed by atoms with Crippen molar-refractivity contribution in [2.24, 2.45) is 0 Å². The van der Waals surface area contributed by atoms with Crippen molar-refractivity contribution < 1.29 is 4.79 Å². The van der Waals surface area contributed by atoms with Crippen molar-refractivity contribution in [3.8, 4) is 0 Å². The van der Waals surface area contributed by atoms with Gasteiger partial charge in [-0.3, -0.25) is 9.78 Å². The summed E-state index contributed by atoms with van der Waals surface area (Å²) in [6.07, 6.45) is 0.660. The maximum Gasteiger partial charge on any atom is 0.325 e. The van der Waals surface area contributed by atoms with Gasteiger partial charge in [-0.05, 0) is 29.3 Å². The zero-order chi connectivity index (χ0) is 10.7. The third kappa shape index (κ3) is 2.66. The number of aromatic amines is 2. The molecule has 2 N–H and O–H groups in total. The van der Waals surface area contributed by atoms with Gasteiger partial charge in [0.1, 0.15) is 10.3 Å². The average molecular weight is 261 g/mol. The summed E-state index contributed by atoms with van der Waals surface area (Å²) in [5.74, 6) is 0.0121. The van der Waals surface area contributed by atoms with Gasteiger partial charge in [-0.1, -0.05) is 0 Å². The van der Waals surface area contributed by atoms with Gasteiger partial charge in [-0.15, -0.1) is 0 Å². The molecule has 0 aliphatic heterocycles. The van der Waals surface area contributed by atoms with Crippen LogP contribution in [0.3, 0.4) is 0 Å². The molecule has 6 heteroatoms. The summed E-state index contributed by atoms with van der Waals surface area (Å²) < 4.78 is 0.276. The van der Waals surface area contributed by atoms with Crippen LogP contribution in [0.15, 0.2) is 14.1 Å². The van der Waals surface area contributed by atoms with E-state index in [4.69, 9.17) is 0 Å². The smallest absolute Gasteiger partial charge is 0.310 e. The lowest BCUT2D eigenvalue weighted by Gasteiger charge is -2.00. The first-order chi connectivity index (χ1) is 6.50. The molecule has 0 radical (unpaired) electrons. The van der Waals surface area contributed by atoms with Gasteiger partial charge in [0.2, 0.25) is 0 Å². The molecule has 14 heavy (non-hydrogen) atoms. The molecule has 5 nitrogen and oxygen atoms in total. The Morgan fingerprint density at radius 1 is 1.36 bits per heavy atom. The molecular weight excluding hydrogens is 252 g/mol. The number of halogens is 1. The van der Waals surface area contributed by atoms with Crippen molar-refractivity contribution in [3.63, 3.8) is 0 Å². The van der Waals surface area contributed by atoms with Crippen LogP contribution < -0.4 is 11.2 Å². The maximum absolute atomic E-state index is 11.1. The standard InChI is InChI=1S/C8H9BrN2O3/c1-4(12)2-3-5-6(9)7(13)11-8(14)10-5/h2-3H2,1H3,(H2,10,11,13,14). The van der Waals surface area contributed by atoms with Crippen LogP contribution in [0.2, 0.25) is 0 Å². The SMILES string of the molecule is CC(=O)CCc1[nH]c(=O)[nH]c(=O)c1Br. The van der Waals surface area contributed by atoms with Crippen molar-refractivity contribution in [1.29, 1.82) is 0 Å². The highest BCUT2D eigenvalue weighted by Crippen LogP contribution is 2.08. The summed E-state index contributed by atoms with van der Waals surface area (Å²) in [6, 6.07) is 0. The molecule has 0 unspecified atom stereocenters. The number of aryl methyl sites for hydroxylation is 1. The monoisotopic (exact) mass is 260 g/mol. The number of carbonyl (C=O) groups is 1. The zero-order valence-corrected chi connectivity index (χ0v) is 9.10. The number of Topliss-reactive ketones (excluding diaryl/α,β-unsaturated/α-hetero) is 1. The molecule has 0 saturated carbocycles. The average Bonchev–Trinajstić information content (AvgIpc) is 2.08. The van der Waals surface area contributed by atoms with E-state index in [9.17, 15) is 14.4 Å². The highest BCUT2D eigenvalue weighted by Gasteiger charge is 2.06. The van der Waals surface area contributed by atoms with Crippen molar-refractivity contribution in [2.75, 3.05) is 0 Å². The largest absolute Gasteiger partial charge is 0.325 e. The number of hydrogen-bond acceptors (Lipinski definition) is 3. The summed E-state index contributed by atoms with van der Waals surface area (Å²) in [6.45, 7) is 1.46. The Morgan fingerprint density at radius 2 is 2.00 bits per heavy atom. The van der Waals surface area contributed by atoms with Crippen LogP contribution in [0.4, 0.5) is 0 Å². The number of carbonyl (C=O) groups excluding carboxylic acids is 1. The van der Waals surface area contributed by atoms with E-state index < -0.39 is 11.2 Å². The van der Waals surface area contributed by atoms with Crippen LogP contribution in [0.1, 0.15) is 19.0 Å². The molecule has 0 bridgehead atoms. The van der Waals surface area contributed by atoms with Gasteiger partial charge < -0.3 is 9.78 Å². The Morgan fingerprint density at radius 3 is 2.57 bits per heavy atom. The second-order valence-corrected chi connectivity index (χ2v) is 3.70. The van der Waals surface area contributed by atoms with Gasteiger partial charge in [0.15, 0.2) is 0 Å². The van der Waals surface area contributed by atoms with Crippen molar-refractivity contribution in [2.45, 2.75) is 19.8 Å². The van der Waals surface area contributed by atoms with E-state index >= 15 is 0 Å². The minimum Gasteiger partial charge on any atom is -0.310 e. The topological polar surface area (TPSA) is 82.8 Å². The van der Waals surface area contributed by atoms with Gasteiger partial charge in [0.25, 0.3) is 5.56 Å². The Labute approximate surface area is 87.7 Å². The molecule has 1 aromatic heterocycles. The van der Waals surface area contributed by atoms with Gasteiger partial charge in [-0.2, -0.15) is 0 Å². The molecule has 0 atom stereocenters. The van der Waals surface area contributed by atoms with Crippen molar-refractivity contribution in [3.05, 3.63) is 31.0 Å². The number of H-pyrrole nitrogens is 2. The van der Waals surface area contributed by atoms with Crippen LogP contribution in [-0.4, -0.2) is 15.8 Å². The number of hydrogen-bond donors (Lipinski definition) is 2. The minimum absolute atomic E-state index is 0.0121. The minimum atomic E-state index is -0.559. The molecule has 1 aromatic rings. The predicted molar refractivity (Wildman–Crippen MR) is 54.4 cm³/mol. The number of ketones is 1. The summed E-state index contributed by atoms with van der Waals surface area (Å²) in [7, 11) is 0. The second kappa shape index (κ2) is 4.36. The van der Waals surface area contributed by atoms with E-state index in [2.05, 4.69) is 25.9 Å². The van der Waals surface area contributed by atoms with Crippen molar-refractivity contribution >= 4 is 21.7 Å². The van der Waals surface area contributed by atoms with Gasteiger partial charge in [-0.25, -0.2) is 4.79 Å². The molecule has 0 aliphatic rings. The van der Waals surface area contributed by atoms with Crippen LogP contribution >= 0.6 is 15.9 Å². The Hall–Kier alpha value is -1.17. The summed E-state index contributed by atoms with van der Waals surface area (Å²) in [5.41, 5.74) is -0.585. The molecule has 1 heterocycles. The predicted octanol–water partition coefficient (Wildman–Crippen LogP) is 0.347. The van der Waals surface area contributed by atoms with E-state index in [1.807, 2.05) is 0 Å². The quantitative estimate of drug-likeness (QED) is 0.823. The zero-order valence-electron chi connectivity index (χ0n) is 7.52. The second-order valence-electron chi connectivity index (χ2n) is 2.90. The first kappa shape index (κ1) is 10.9. The van der Waals surface area contributed by atoms with Gasteiger partial charge in [0.05, 0.1) is 0 Å². The Kier molecular flexibility index (Phi) is 3.40. The molecule has 76 valence electrons. The fraction of sp³-hybridized carbons (Fsp3) is 0.375. The van der Waals surface area contributed by atoms with Crippen LogP contribution in [0.5, 0.6) is 0 Å². The number of rotatable bonds is 3. The number of nitrogens with one attached hydrogen (secondary N) is 2. The summed E-state index contributed by atoms with van der Waals surface area (Å²) in [5, 5.41) is 0. The lowest BCUT2D eigenvalue weighted by atomic mass is 10.2. The molecule has 0 saturated heterocycles. The highest BCUT2D eigenvalue weighted by molar-refractivity contribution is 9.10. The van der Waals surface area contributed by atoms with Crippen molar-refractivity contribution in [1.82, 2.24) is 9.97 Å². The van der Waals surface area contributed by atoms with Crippen LogP contribution in [0.25, 0.3) is 0 Å². The van der Waals surface area contributed by atoms with E-state index in [0.29, 0.717) is 18.5 Å². The maximum atomic E-state index is 11.1. The van der Waals surface area contributed by atoms with Crippen LogP contribution in [0, 0.1) is 0 Å². The fourth-order valence-corrected chi connectivity index (χ4v) is 1.39. The van der Waals surface area contributed by atoms with Crippen LogP contribution in [-0.2, 0) is 11.2 Å². The molecule has 0 aliphatic carbocycles.